The lowest BCUT2D eigenvalue weighted by molar-refractivity contribution is 1.13. The van der Waals surface area contributed by atoms with E-state index >= 15 is 0 Å². The van der Waals surface area contributed by atoms with Gasteiger partial charge in [0.1, 0.15) is 0 Å². The molecule has 1 heterocycles. The van der Waals surface area contributed by atoms with Crippen LogP contribution in [0.15, 0.2) is 31.0 Å². The molecule has 0 aliphatic carbocycles. The van der Waals surface area contributed by atoms with Crippen molar-refractivity contribution < 1.29 is 0 Å². The Morgan fingerprint density at radius 3 is 2.86 bits per heavy atom. The highest BCUT2D eigenvalue weighted by Crippen LogP contribution is 2.31. The minimum atomic E-state index is 0.754. The second-order valence-corrected chi connectivity index (χ2v) is 3.77. The average molecular weight is 206 g/mol. The maximum atomic E-state index is 5.94. The standard InChI is InChI=1S/C12H12ClN/c1-3-9-7-14-8(2)12-6-10(13)4-5-11(9)12/h4-7,14H,2-3H2,1H3. The van der Waals surface area contributed by atoms with Crippen molar-refractivity contribution in [3.63, 3.8) is 0 Å². The molecule has 2 heteroatoms. The summed E-state index contributed by atoms with van der Waals surface area (Å²) in [6, 6.07) is 5.93. The van der Waals surface area contributed by atoms with Crippen LogP contribution in [0.3, 0.4) is 0 Å². The highest BCUT2D eigenvalue weighted by Gasteiger charge is 2.13. The fourth-order valence-electron chi connectivity index (χ4n) is 1.67. The van der Waals surface area contributed by atoms with Gasteiger partial charge < -0.3 is 5.32 Å². The van der Waals surface area contributed by atoms with Crippen molar-refractivity contribution in [3.8, 4) is 0 Å². The topological polar surface area (TPSA) is 12.0 Å². The molecule has 1 aromatic rings. The molecule has 0 fully saturated rings. The third-order valence-electron chi connectivity index (χ3n) is 2.45. The van der Waals surface area contributed by atoms with E-state index in [-0.39, 0.29) is 0 Å². The minimum absolute atomic E-state index is 0.754. The Bertz CT molecular complexity index is 418. The maximum Gasteiger partial charge on any atom is 0.0413 e. The summed E-state index contributed by atoms with van der Waals surface area (Å²) >= 11 is 5.94. The number of fused-ring (bicyclic) bond motifs is 1. The Morgan fingerprint density at radius 2 is 2.14 bits per heavy atom. The maximum absolute atomic E-state index is 5.94. The lowest BCUT2D eigenvalue weighted by Gasteiger charge is -2.20. The first-order chi connectivity index (χ1) is 6.72. The Morgan fingerprint density at radius 1 is 1.36 bits per heavy atom. The molecule has 0 atom stereocenters. The van der Waals surface area contributed by atoms with Crippen LogP contribution in [0.1, 0.15) is 24.5 Å². The van der Waals surface area contributed by atoms with Gasteiger partial charge in [-0.3, -0.25) is 0 Å². The summed E-state index contributed by atoms with van der Waals surface area (Å²) in [5.41, 5.74) is 4.56. The van der Waals surface area contributed by atoms with Gasteiger partial charge in [-0.15, -0.1) is 0 Å². The molecule has 14 heavy (non-hydrogen) atoms. The average Bonchev–Trinajstić information content (AvgIpc) is 2.19. The van der Waals surface area contributed by atoms with Crippen LogP contribution in [0.4, 0.5) is 0 Å². The van der Waals surface area contributed by atoms with Crippen molar-refractivity contribution >= 4 is 22.9 Å². The van der Waals surface area contributed by atoms with Crippen LogP contribution < -0.4 is 5.32 Å². The van der Waals surface area contributed by atoms with Crippen LogP contribution in [-0.4, -0.2) is 0 Å². The lowest BCUT2D eigenvalue weighted by atomic mass is 9.94. The van der Waals surface area contributed by atoms with Gasteiger partial charge in [-0.2, -0.15) is 0 Å². The molecule has 0 spiro atoms. The normalized spacial score (nSPS) is 14.4. The smallest absolute Gasteiger partial charge is 0.0413 e. The van der Waals surface area contributed by atoms with Crippen LogP contribution >= 0.6 is 11.6 Å². The summed E-state index contributed by atoms with van der Waals surface area (Å²) < 4.78 is 0. The number of halogens is 1. The van der Waals surface area contributed by atoms with E-state index in [0.29, 0.717) is 0 Å². The Hall–Kier alpha value is -1.21. The van der Waals surface area contributed by atoms with Crippen molar-refractivity contribution in [1.29, 1.82) is 0 Å². The van der Waals surface area contributed by atoms with Crippen LogP contribution in [0, 0.1) is 0 Å². The van der Waals surface area contributed by atoms with Crippen LogP contribution in [0.5, 0.6) is 0 Å². The number of hydrogen-bond donors (Lipinski definition) is 1. The van der Waals surface area contributed by atoms with Gasteiger partial charge in [-0.1, -0.05) is 31.2 Å². The first kappa shape index (κ1) is 9.35. The quantitative estimate of drug-likeness (QED) is 0.738. The first-order valence-corrected chi connectivity index (χ1v) is 5.05. The van der Waals surface area contributed by atoms with Gasteiger partial charge in [0.15, 0.2) is 0 Å². The zero-order valence-corrected chi connectivity index (χ0v) is 8.86. The van der Waals surface area contributed by atoms with Gasteiger partial charge in [0.2, 0.25) is 0 Å². The molecular formula is C12H12ClN. The largest absolute Gasteiger partial charge is 0.361 e. The molecule has 2 rings (SSSR count). The monoisotopic (exact) mass is 205 g/mol. The molecule has 1 aromatic carbocycles. The Kier molecular flexibility index (Phi) is 2.34. The molecule has 1 nitrogen and oxygen atoms in total. The van der Waals surface area contributed by atoms with Crippen LogP contribution in [0.25, 0.3) is 11.3 Å². The third kappa shape index (κ3) is 1.44. The van der Waals surface area contributed by atoms with Crippen LogP contribution in [0.2, 0.25) is 5.02 Å². The van der Waals surface area contributed by atoms with Gasteiger partial charge in [-0.25, -0.2) is 0 Å². The van der Waals surface area contributed by atoms with E-state index in [1.54, 1.807) is 0 Å². The molecular weight excluding hydrogens is 194 g/mol. The number of nitrogens with one attached hydrogen (secondary N) is 1. The van der Waals surface area contributed by atoms with Crippen molar-refractivity contribution in [2.45, 2.75) is 13.3 Å². The van der Waals surface area contributed by atoms with Gasteiger partial charge in [-0.05, 0) is 29.7 Å². The molecule has 72 valence electrons. The van der Waals surface area contributed by atoms with Crippen molar-refractivity contribution in [2.75, 3.05) is 0 Å². The number of allylic oxidation sites excluding steroid dienone is 1. The second-order valence-electron chi connectivity index (χ2n) is 3.34. The lowest BCUT2D eigenvalue weighted by Crippen LogP contribution is -2.11. The van der Waals surface area contributed by atoms with Crippen LogP contribution in [-0.2, 0) is 0 Å². The van der Waals surface area contributed by atoms with Gasteiger partial charge in [0.25, 0.3) is 0 Å². The summed E-state index contributed by atoms with van der Waals surface area (Å²) in [5.74, 6) is 0. The van der Waals surface area contributed by atoms with Gasteiger partial charge in [0.05, 0.1) is 0 Å². The van der Waals surface area contributed by atoms with E-state index in [9.17, 15) is 0 Å². The second kappa shape index (κ2) is 3.50. The van der Waals surface area contributed by atoms with Gasteiger partial charge >= 0.3 is 0 Å². The molecule has 1 aliphatic heterocycles. The van der Waals surface area contributed by atoms with E-state index < -0.39 is 0 Å². The summed E-state index contributed by atoms with van der Waals surface area (Å²) in [7, 11) is 0. The SMILES string of the molecule is C=C1NC=C(CC)c2ccc(Cl)cc21. The molecule has 0 radical (unpaired) electrons. The zero-order valence-electron chi connectivity index (χ0n) is 8.10. The summed E-state index contributed by atoms with van der Waals surface area (Å²) in [6.07, 6.45) is 3.02. The molecule has 0 aromatic heterocycles. The fraction of sp³-hybridized carbons (Fsp3) is 0.167. The highest BCUT2D eigenvalue weighted by molar-refractivity contribution is 6.30. The molecule has 0 saturated heterocycles. The molecule has 0 saturated carbocycles. The number of hydrogen-bond acceptors (Lipinski definition) is 1. The number of benzene rings is 1. The third-order valence-corrected chi connectivity index (χ3v) is 2.69. The Labute approximate surface area is 89.1 Å². The van der Waals surface area contributed by atoms with E-state index in [0.717, 1.165) is 22.7 Å². The van der Waals surface area contributed by atoms with Crippen molar-refractivity contribution in [2.24, 2.45) is 0 Å². The summed E-state index contributed by atoms with van der Waals surface area (Å²) in [5, 5.41) is 3.91. The summed E-state index contributed by atoms with van der Waals surface area (Å²) in [4.78, 5) is 0. The predicted molar refractivity (Wildman–Crippen MR) is 61.9 cm³/mol. The molecule has 0 bridgehead atoms. The number of rotatable bonds is 1. The van der Waals surface area contributed by atoms with E-state index in [4.69, 9.17) is 11.6 Å². The highest BCUT2D eigenvalue weighted by atomic mass is 35.5. The Balaban J connectivity index is 2.60. The van der Waals surface area contributed by atoms with Crippen molar-refractivity contribution in [3.05, 3.63) is 47.1 Å². The van der Waals surface area contributed by atoms with E-state index in [1.807, 2.05) is 18.3 Å². The van der Waals surface area contributed by atoms with Crippen molar-refractivity contribution in [1.82, 2.24) is 5.32 Å². The van der Waals surface area contributed by atoms with Gasteiger partial charge in [0, 0.05) is 22.5 Å². The molecule has 1 N–H and O–H groups in total. The molecule has 0 unspecified atom stereocenters. The summed E-state index contributed by atoms with van der Waals surface area (Å²) in [6.45, 7) is 6.09. The fourth-order valence-corrected chi connectivity index (χ4v) is 1.84. The first-order valence-electron chi connectivity index (χ1n) is 4.67. The molecule has 1 aliphatic rings. The molecule has 0 amide bonds. The van der Waals surface area contributed by atoms with E-state index in [2.05, 4.69) is 24.9 Å². The minimum Gasteiger partial charge on any atom is -0.361 e. The predicted octanol–water partition coefficient (Wildman–Crippen LogP) is 3.66. The van der Waals surface area contributed by atoms with E-state index in [1.165, 1.54) is 11.1 Å². The zero-order chi connectivity index (χ0) is 10.1.